The Bertz CT molecular complexity index is 2620. The fraction of sp³-hybridized carbons (Fsp3) is 0.0588. The molecule has 248 valence electrons. The molecule has 49 heavy (non-hydrogen) atoms. The predicted octanol–water partition coefficient (Wildman–Crippen LogP) is 8.59. The number of nitrogens with zero attached hydrogens (tertiary/aromatic N) is 4. The van der Waals surface area contributed by atoms with Crippen LogP contribution in [0.3, 0.4) is 0 Å². The molecule has 0 saturated heterocycles. The summed E-state index contributed by atoms with van der Waals surface area (Å²) in [6.45, 7) is 3.57. The van der Waals surface area contributed by atoms with Gasteiger partial charge in [-0.05, 0) is 96.1 Å². The van der Waals surface area contributed by atoms with Gasteiger partial charge in [-0.15, -0.1) is 10.2 Å². The number of phenols is 2. The van der Waals surface area contributed by atoms with Gasteiger partial charge in [0.1, 0.15) is 21.2 Å². The van der Waals surface area contributed by atoms with Gasteiger partial charge in [-0.3, -0.25) is 9.11 Å². The van der Waals surface area contributed by atoms with Crippen molar-refractivity contribution in [3.05, 3.63) is 102 Å². The smallest absolute Gasteiger partial charge is 0.296 e. The quantitative estimate of drug-likeness (QED) is 0.0610. The summed E-state index contributed by atoms with van der Waals surface area (Å²) in [6.07, 6.45) is 0. The van der Waals surface area contributed by atoms with Gasteiger partial charge in [0, 0.05) is 21.8 Å². The van der Waals surface area contributed by atoms with Crippen molar-refractivity contribution >= 4 is 70.2 Å². The lowest BCUT2D eigenvalue weighted by Gasteiger charge is -2.10. The molecule has 0 aliphatic carbocycles. The first-order valence-corrected chi connectivity index (χ1v) is 17.3. The number of nitrogens with two attached hydrogens (primary N) is 1. The normalized spacial score (nSPS) is 12.5. The Balaban J connectivity index is 1.29. The Morgan fingerprint density at radius 3 is 1.67 bits per heavy atom. The van der Waals surface area contributed by atoms with Crippen molar-refractivity contribution in [3.63, 3.8) is 0 Å². The number of nitrogen functional groups attached to an aromatic ring is 1. The lowest BCUT2D eigenvalue weighted by molar-refractivity contribution is 0.472. The molecule has 0 unspecified atom stereocenters. The molecule has 0 amide bonds. The number of fused-ring (bicyclic) bond motifs is 2. The number of aromatic hydroxyl groups is 2. The molecule has 15 heteroatoms. The van der Waals surface area contributed by atoms with Crippen LogP contribution in [0.1, 0.15) is 11.1 Å². The Morgan fingerprint density at radius 2 is 1.10 bits per heavy atom. The number of anilines is 1. The van der Waals surface area contributed by atoms with Crippen LogP contribution < -0.4 is 5.73 Å². The van der Waals surface area contributed by atoms with E-state index in [2.05, 4.69) is 20.5 Å². The van der Waals surface area contributed by atoms with Gasteiger partial charge in [-0.25, -0.2) is 0 Å². The molecule has 6 aromatic rings. The molecule has 0 fully saturated rings. The van der Waals surface area contributed by atoms with E-state index in [4.69, 9.17) is 5.73 Å². The standard InChI is InChI=1S/C34H27N5O8S2/c1-18-13-20(7-11-27(18)36-38-29-17-30(48(42,43)44)25-5-3-4-6-26(25)33(29)40)21-8-12-28(19(2)14-21)37-39-32-31(49(45,46)47)16-22-15-23(35)9-10-24(22)34(32)41/h3-17,40-41H,35H2,1-2H3,(H,42,43,44)(H,45,46,47). The zero-order chi connectivity index (χ0) is 35.2. The summed E-state index contributed by atoms with van der Waals surface area (Å²) in [5, 5.41) is 39.0. The first-order valence-electron chi connectivity index (χ1n) is 14.4. The molecule has 0 aliphatic rings. The first kappa shape index (κ1) is 33.2. The lowest BCUT2D eigenvalue weighted by atomic mass is 10.0. The van der Waals surface area contributed by atoms with Crippen molar-refractivity contribution in [1.29, 1.82) is 0 Å². The van der Waals surface area contributed by atoms with Gasteiger partial charge in [0.2, 0.25) is 0 Å². The molecule has 0 bridgehead atoms. The molecular weight excluding hydrogens is 671 g/mol. The minimum absolute atomic E-state index is 0.138. The van der Waals surface area contributed by atoms with Crippen molar-refractivity contribution in [3.8, 4) is 22.6 Å². The molecule has 6 N–H and O–H groups in total. The minimum atomic E-state index is -4.78. The van der Waals surface area contributed by atoms with Crippen LogP contribution in [0.2, 0.25) is 0 Å². The minimum Gasteiger partial charge on any atom is -0.505 e. The average molecular weight is 698 g/mol. The zero-order valence-electron chi connectivity index (χ0n) is 25.8. The molecule has 0 aliphatic heterocycles. The molecule has 0 saturated carbocycles. The van der Waals surface area contributed by atoms with Crippen LogP contribution in [0.5, 0.6) is 11.5 Å². The van der Waals surface area contributed by atoms with Crippen molar-refractivity contribution in [1.82, 2.24) is 0 Å². The number of aryl methyl sites for hydroxylation is 2. The summed E-state index contributed by atoms with van der Waals surface area (Å²) in [6, 6.07) is 23.5. The fourth-order valence-corrected chi connectivity index (χ4v) is 6.75. The van der Waals surface area contributed by atoms with Crippen LogP contribution in [0.15, 0.2) is 121 Å². The van der Waals surface area contributed by atoms with Crippen LogP contribution in [-0.2, 0) is 20.2 Å². The second-order valence-electron chi connectivity index (χ2n) is 11.2. The van der Waals surface area contributed by atoms with E-state index in [1.807, 2.05) is 12.1 Å². The highest BCUT2D eigenvalue weighted by atomic mass is 32.2. The number of hydrogen-bond acceptors (Lipinski definition) is 11. The average Bonchev–Trinajstić information content (AvgIpc) is 3.04. The second kappa shape index (κ2) is 12.4. The third kappa shape index (κ3) is 6.55. The van der Waals surface area contributed by atoms with Crippen LogP contribution in [0.25, 0.3) is 32.7 Å². The van der Waals surface area contributed by atoms with E-state index >= 15 is 0 Å². The molecule has 0 aromatic heterocycles. The van der Waals surface area contributed by atoms with Crippen LogP contribution in [0, 0.1) is 13.8 Å². The van der Waals surface area contributed by atoms with Gasteiger partial charge in [-0.1, -0.05) is 36.4 Å². The summed E-state index contributed by atoms with van der Waals surface area (Å²) in [5.74, 6) is -0.769. The summed E-state index contributed by atoms with van der Waals surface area (Å²) in [5.41, 5.74) is 9.39. The second-order valence-corrected chi connectivity index (χ2v) is 14.0. The molecule has 0 spiro atoms. The highest BCUT2D eigenvalue weighted by Gasteiger charge is 2.23. The summed E-state index contributed by atoms with van der Waals surface area (Å²) < 4.78 is 67.9. The Kier molecular flexibility index (Phi) is 8.37. The highest BCUT2D eigenvalue weighted by molar-refractivity contribution is 7.86. The number of benzene rings is 6. The summed E-state index contributed by atoms with van der Waals surface area (Å²) in [4.78, 5) is -1.03. The Hall–Kier alpha value is -5.74. The van der Waals surface area contributed by atoms with E-state index < -0.39 is 41.5 Å². The monoisotopic (exact) mass is 697 g/mol. The van der Waals surface area contributed by atoms with Gasteiger partial charge in [0.05, 0.1) is 11.4 Å². The van der Waals surface area contributed by atoms with E-state index in [9.17, 15) is 36.2 Å². The van der Waals surface area contributed by atoms with Crippen LogP contribution in [0.4, 0.5) is 28.4 Å². The van der Waals surface area contributed by atoms with Crippen molar-refractivity contribution in [2.45, 2.75) is 23.6 Å². The van der Waals surface area contributed by atoms with Gasteiger partial charge < -0.3 is 15.9 Å². The van der Waals surface area contributed by atoms with Gasteiger partial charge in [0.25, 0.3) is 20.2 Å². The van der Waals surface area contributed by atoms with Gasteiger partial charge in [-0.2, -0.15) is 27.1 Å². The maximum atomic E-state index is 12.1. The van der Waals surface area contributed by atoms with E-state index in [-0.39, 0.29) is 27.6 Å². The van der Waals surface area contributed by atoms with Crippen LogP contribution >= 0.6 is 0 Å². The topological polar surface area (TPSA) is 225 Å². The van der Waals surface area contributed by atoms with E-state index in [1.54, 1.807) is 50.2 Å². The van der Waals surface area contributed by atoms with Crippen molar-refractivity contribution < 1.29 is 36.2 Å². The maximum absolute atomic E-state index is 12.1. The van der Waals surface area contributed by atoms with E-state index in [1.165, 1.54) is 30.3 Å². The summed E-state index contributed by atoms with van der Waals surface area (Å²) in [7, 11) is -9.39. The molecule has 0 heterocycles. The van der Waals surface area contributed by atoms with Gasteiger partial charge >= 0.3 is 0 Å². The molecular formula is C34H27N5O8S2. The molecule has 0 radical (unpaired) electrons. The first-order chi connectivity index (χ1) is 23.1. The third-order valence-corrected chi connectivity index (χ3v) is 9.60. The largest absolute Gasteiger partial charge is 0.505 e. The Morgan fingerprint density at radius 1 is 0.551 bits per heavy atom. The lowest BCUT2D eigenvalue weighted by Crippen LogP contribution is -1.99. The van der Waals surface area contributed by atoms with E-state index in [0.29, 0.717) is 33.6 Å². The SMILES string of the molecule is Cc1cc(-c2ccc(N=Nc3c(S(=O)(=O)O)cc4cc(N)ccc4c3O)c(C)c2)ccc1N=Nc1cc(S(=O)(=O)O)c2ccccc2c1O. The number of azo groups is 2. The molecule has 6 aromatic carbocycles. The van der Waals surface area contributed by atoms with Crippen molar-refractivity contribution in [2.24, 2.45) is 20.5 Å². The maximum Gasteiger partial charge on any atom is 0.296 e. The van der Waals surface area contributed by atoms with Crippen LogP contribution in [-0.4, -0.2) is 36.2 Å². The predicted molar refractivity (Wildman–Crippen MR) is 185 cm³/mol. The molecule has 13 nitrogen and oxygen atoms in total. The van der Waals surface area contributed by atoms with Crippen molar-refractivity contribution in [2.75, 3.05) is 5.73 Å². The molecule has 6 rings (SSSR count). The zero-order valence-corrected chi connectivity index (χ0v) is 27.4. The Labute approximate surface area is 280 Å². The number of hydrogen-bond donors (Lipinski definition) is 5. The number of rotatable bonds is 7. The third-order valence-electron chi connectivity index (χ3n) is 7.84. The fourth-order valence-electron chi connectivity index (χ4n) is 5.37. The highest BCUT2D eigenvalue weighted by Crippen LogP contribution is 2.43. The summed E-state index contributed by atoms with van der Waals surface area (Å²) >= 11 is 0. The number of phenolic OH excluding ortho intramolecular Hbond substituents is 2. The van der Waals surface area contributed by atoms with E-state index in [0.717, 1.165) is 23.3 Å². The molecule has 0 atom stereocenters. The van der Waals surface area contributed by atoms with Gasteiger partial charge in [0.15, 0.2) is 11.5 Å².